The second-order valence-corrected chi connectivity index (χ2v) is 7.67. The minimum absolute atomic E-state index is 0.166. The average molecular weight is 325 g/mol. The molecule has 0 radical (unpaired) electrons. The van der Waals surface area contributed by atoms with Crippen LogP contribution in [0.4, 0.5) is 0 Å². The standard InChI is InChI=1S/C17H20BN3O3/c1-11(22)21-9-16(10-21)3-5-17(6-4-16)14-12-2-7-19-15(12)20-8-13(14)18(23)24-17/h2,7-8,23H,3-6,9-10H2,1H3,(H,19,20). The molecular weight excluding hydrogens is 305 g/mol. The molecule has 0 atom stereocenters. The number of carbonyl (C=O) groups excluding carboxylic acids is 1. The molecule has 2 N–H and O–H groups in total. The molecule has 2 aliphatic heterocycles. The molecule has 0 unspecified atom stereocenters. The van der Waals surface area contributed by atoms with Crippen LogP contribution in [0.25, 0.3) is 11.0 Å². The quantitative estimate of drug-likeness (QED) is 0.706. The van der Waals surface area contributed by atoms with Crippen molar-refractivity contribution in [2.24, 2.45) is 5.41 Å². The molecule has 2 aromatic rings. The van der Waals surface area contributed by atoms with Gasteiger partial charge in [0.15, 0.2) is 0 Å². The molecule has 2 spiro atoms. The Morgan fingerprint density at radius 2 is 2.12 bits per heavy atom. The number of rotatable bonds is 0. The van der Waals surface area contributed by atoms with E-state index in [1.807, 2.05) is 17.2 Å². The molecule has 1 aliphatic carbocycles. The van der Waals surface area contributed by atoms with Crippen LogP contribution in [0.15, 0.2) is 18.5 Å². The first-order valence-corrected chi connectivity index (χ1v) is 8.60. The first kappa shape index (κ1) is 14.5. The Morgan fingerprint density at radius 3 is 2.83 bits per heavy atom. The summed E-state index contributed by atoms with van der Waals surface area (Å²) in [5.74, 6) is 0.166. The number of aromatic amines is 1. The van der Waals surface area contributed by atoms with E-state index in [4.69, 9.17) is 4.65 Å². The van der Waals surface area contributed by atoms with Crippen LogP contribution in [-0.4, -0.2) is 46.0 Å². The van der Waals surface area contributed by atoms with Crippen molar-refractivity contribution < 1.29 is 14.5 Å². The number of likely N-dealkylation sites (tertiary alicyclic amines) is 1. The smallest absolute Gasteiger partial charge is 0.423 e. The Morgan fingerprint density at radius 1 is 1.38 bits per heavy atom. The minimum atomic E-state index is -0.893. The van der Waals surface area contributed by atoms with Gasteiger partial charge in [-0.25, -0.2) is 4.98 Å². The Bertz CT molecular complexity index is 833. The number of H-pyrrole nitrogens is 1. The molecule has 1 saturated heterocycles. The number of hydrogen-bond acceptors (Lipinski definition) is 4. The van der Waals surface area contributed by atoms with Crippen LogP contribution in [0, 0.1) is 5.41 Å². The molecule has 1 saturated carbocycles. The summed E-state index contributed by atoms with van der Waals surface area (Å²) >= 11 is 0. The largest absolute Gasteiger partial charge is 0.493 e. The van der Waals surface area contributed by atoms with E-state index >= 15 is 0 Å². The predicted octanol–water partition coefficient (Wildman–Crippen LogP) is 0.898. The number of amides is 1. The van der Waals surface area contributed by atoms with E-state index < -0.39 is 12.7 Å². The van der Waals surface area contributed by atoms with E-state index in [0.717, 1.165) is 60.8 Å². The zero-order chi connectivity index (χ0) is 16.5. The van der Waals surface area contributed by atoms with Gasteiger partial charge in [-0.05, 0) is 37.3 Å². The summed E-state index contributed by atoms with van der Waals surface area (Å²) in [6.07, 6.45) is 7.44. The molecule has 3 aliphatic rings. The van der Waals surface area contributed by atoms with Gasteiger partial charge in [-0.15, -0.1) is 0 Å². The molecule has 0 bridgehead atoms. The van der Waals surface area contributed by atoms with Crippen molar-refractivity contribution in [2.45, 2.75) is 38.2 Å². The van der Waals surface area contributed by atoms with Crippen molar-refractivity contribution in [3.63, 3.8) is 0 Å². The number of hydrogen-bond donors (Lipinski definition) is 2. The molecular formula is C17H20BN3O3. The molecule has 7 heteroatoms. The van der Waals surface area contributed by atoms with Gasteiger partial charge in [0.05, 0.1) is 5.60 Å². The highest BCUT2D eigenvalue weighted by atomic mass is 16.5. The predicted molar refractivity (Wildman–Crippen MR) is 89.6 cm³/mol. The Labute approximate surface area is 140 Å². The van der Waals surface area contributed by atoms with Crippen molar-refractivity contribution in [2.75, 3.05) is 13.1 Å². The van der Waals surface area contributed by atoms with E-state index in [-0.39, 0.29) is 11.3 Å². The van der Waals surface area contributed by atoms with Gasteiger partial charge in [-0.3, -0.25) is 4.79 Å². The maximum Gasteiger partial charge on any atom is 0.493 e. The molecule has 2 fully saturated rings. The summed E-state index contributed by atoms with van der Waals surface area (Å²) < 4.78 is 6.10. The van der Waals surface area contributed by atoms with Crippen molar-refractivity contribution in [1.82, 2.24) is 14.9 Å². The van der Waals surface area contributed by atoms with E-state index in [1.165, 1.54) is 0 Å². The maximum absolute atomic E-state index is 11.5. The second kappa shape index (κ2) is 4.61. The first-order chi connectivity index (χ1) is 11.5. The molecule has 124 valence electrons. The van der Waals surface area contributed by atoms with Gasteiger partial charge in [0, 0.05) is 48.7 Å². The zero-order valence-electron chi connectivity index (χ0n) is 13.7. The van der Waals surface area contributed by atoms with Gasteiger partial charge < -0.3 is 19.6 Å². The topological polar surface area (TPSA) is 78.5 Å². The Balaban J connectivity index is 1.48. The van der Waals surface area contributed by atoms with Crippen LogP contribution in [0.1, 0.15) is 38.2 Å². The number of fused-ring (bicyclic) bond motifs is 4. The summed E-state index contributed by atoms with van der Waals surface area (Å²) in [5.41, 5.74) is 2.59. The molecule has 1 amide bonds. The number of nitrogens with one attached hydrogen (secondary N) is 1. The summed E-state index contributed by atoms with van der Waals surface area (Å²) in [6.45, 7) is 3.37. The molecule has 24 heavy (non-hydrogen) atoms. The third kappa shape index (κ3) is 1.79. The summed E-state index contributed by atoms with van der Waals surface area (Å²) in [4.78, 5) is 20.9. The van der Waals surface area contributed by atoms with E-state index in [2.05, 4.69) is 9.97 Å². The third-order valence-electron chi connectivity index (χ3n) is 6.29. The highest BCUT2D eigenvalue weighted by molar-refractivity contribution is 6.62. The minimum Gasteiger partial charge on any atom is -0.423 e. The monoisotopic (exact) mass is 325 g/mol. The van der Waals surface area contributed by atoms with Crippen molar-refractivity contribution >= 4 is 29.5 Å². The lowest BCUT2D eigenvalue weighted by Gasteiger charge is -2.55. The van der Waals surface area contributed by atoms with Crippen molar-refractivity contribution in [1.29, 1.82) is 0 Å². The molecule has 4 heterocycles. The highest BCUT2D eigenvalue weighted by Gasteiger charge is 2.55. The van der Waals surface area contributed by atoms with Crippen LogP contribution in [0.3, 0.4) is 0 Å². The van der Waals surface area contributed by atoms with E-state index in [9.17, 15) is 9.82 Å². The van der Waals surface area contributed by atoms with Crippen LogP contribution >= 0.6 is 0 Å². The zero-order valence-corrected chi connectivity index (χ0v) is 13.7. The molecule has 0 aromatic carbocycles. The summed E-state index contributed by atoms with van der Waals surface area (Å²) in [6, 6.07) is 2.02. The van der Waals surface area contributed by atoms with Gasteiger partial charge in [0.1, 0.15) is 5.65 Å². The second-order valence-electron chi connectivity index (χ2n) is 7.67. The molecule has 6 nitrogen and oxygen atoms in total. The van der Waals surface area contributed by atoms with Crippen LogP contribution < -0.4 is 5.46 Å². The van der Waals surface area contributed by atoms with Gasteiger partial charge in [-0.2, -0.15) is 0 Å². The Kier molecular flexibility index (Phi) is 2.78. The molecule has 2 aromatic heterocycles. The Hall–Kier alpha value is -1.86. The van der Waals surface area contributed by atoms with Crippen LogP contribution in [0.2, 0.25) is 0 Å². The lowest BCUT2D eigenvalue weighted by Crippen LogP contribution is -2.60. The van der Waals surface area contributed by atoms with Crippen LogP contribution in [-0.2, 0) is 15.0 Å². The lowest BCUT2D eigenvalue weighted by molar-refractivity contribution is -0.147. The van der Waals surface area contributed by atoms with Gasteiger partial charge in [0.25, 0.3) is 0 Å². The fourth-order valence-electron chi connectivity index (χ4n) is 4.91. The summed E-state index contributed by atoms with van der Waals surface area (Å²) in [7, 11) is -0.893. The van der Waals surface area contributed by atoms with E-state index in [0.29, 0.717) is 0 Å². The van der Waals surface area contributed by atoms with Gasteiger partial charge in [0.2, 0.25) is 5.91 Å². The molecule has 5 rings (SSSR count). The summed E-state index contributed by atoms with van der Waals surface area (Å²) in [5, 5.41) is 11.4. The fourth-order valence-corrected chi connectivity index (χ4v) is 4.91. The SMILES string of the molecule is CC(=O)N1CC2(CCC3(CC2)OB(O)c2cnc4[nH]ccc4c23)C1. The van der Waals surface area contributed by atoms with Gasteiger partial charge >= 0.3 is 7.12 Å². The average Bonchev–Trinajstić information content (AvgIpc) is 3.09. The normalized spacial score (nSPS) is 23.8. The van der Waals surface area contributed by atoms with Crippen molar-refractivity contribution in [3.8, 4) is 0 Å². The number of pyridine rings is 1. The van der Waals surface area contributed by atoms with Crippen LogP contribution in [0.5, 0.6) is 0 Å². The van der Waals surface area contributed by atoms with Crippen molar-refractivity contribution in [3.05, 3.63) is 24.0 Å². The fraction of sp³-hybridized carbons (Fsp3) is 0.529. The lowest BCUT2D eigenvalue weighted by atomic mass is 9.62. The van der Waals surface area contributed by atoms with E-state index in [1.54, 1.807) is 13.1 Å². The maximum atomic E-state index is 11.5. The van der Waals surface area contributed by atoms with Gasteiger partial charge in [-0.1, -0.05) is 0 Å². The first-order valence-electron chi connectivity index (χ1n) is 8.60. The number of nitrogens with zero attached hydrogens (tertiary/aromatic N) is 2. The third-order valence-corrected chi connectivity index (χ3v) is 6.29. The highest BCUT2D eigenvalue weighted by Crippen LogP contribution is 2.53. The number of aromatic nitrogens is 2. The number of carbonyl (C=O) groups is 1.